The van der Waals surface area contributed by atoms with Crippen LogP contribution in [0.3, 0.4) is 0 Å². The molecule has 0 saturated carbocycles. The number of allylic oxidation sites excluding steroid dienone is 1. The monoisotopic (exact) mass is 262 g/mol. The summed E-state index contributed by atoms with van der Waals surface area (Å²) in [5, 5.41) is 0. The highest BCUT2D eigenvalue weighted by molar-refractivity contribution is 5.15. The van der Waals surface area contributed by atoms with Gasteiger partial charge in [0.05, 0.1) is 12.2 Å². The minimum Gasteiger partial charge on any atom is -0.346 e. The molecule has 0 bridgehead atoms. The Balaban J connectivity index is 2.38. The highest BCUT2D eigenvalue weighted by Gasteiger charge is 2.09. The first kappa shape index (κ1) is 15.9. The zero-order chi connectivity index (χ0) is 14.1. The lowest BCUT2D eigenvalue weighted by atomic mass is 10.1. The molecule has 1 rings (SSSR count). The van der Waals surface area contributed by atoms with Crippen LogP contribution in [0.4, 0.5) is 0 Å². The van der Waals surface area contributed by atoms with Crippen LogP contribution in [0.1, 0.15) is 39.7 Å². The van der Waals surface area contributed by atoms with Crippen molar-refractivity contribution in [3.63, 3.8) is 0 Å². The Kier molecular flexibility index (Phi) is 7.46. The Bertz CT molecular complexity index is 345. The van der Waals surface area contributed by atoms with E-state index in [9.17, 15) is 0 Å². The highest BCUT2D eigenvalue weighted by atomic mass is 16.7. The van der Waals surface area contributed by atoms with Crippen LogP contribution in [0, 0.1) is 0 Å². The Morgan fingerprint density at radius 2 is 1.53 bits per heavy atom. The van der Waals surface area contributed by atoms with Gasteiger partial charge in [0.15, 0.2) is 6.29 Å². The third-order valence-corrected chi connectivity index (χ3v) is 2.55. The van der Waals surface area contributed by atoms with Crippen LogP contribution in [-0.4, -0.2) is 18.5 Å². The van der Waals surface area contributed by atoms with E-state index in [0.29, 0.717) is 0 Å². The van der Waals surface area contributed by atoms with Crippen molar-refractivity contribution in [2.75, 3.05) is 0 Å². The smallest absolute Gasteiger partial charge is 0.177 e. The SMILES string of the molecule is CC(C)OC(/C=C/CCc1ccccc1)OC(C)C. The summed E-state index contributed by atoms with van der Waals surface area (Å²) in [7, 11) is 0. The molecule has 0 heterocycles. The van der Waals surface area contributed by atoms with Crippen molar-refractivity contribution < 1.29 is 9.47 Å². The molecule has 2 nitrogen and oxygen atoms in total. The molecule has 1 aromatic rings. The Morgan fingerprint density at radius 3 is 2.05 bits per heavy atom. The first-order valence-electron chi connectivity index (χ1n) is 7.09. The maximum atomic E-state index is 5.70. The van der Waals surface area contributed by atoms with Gasteiger partial charge in [-0.2, -0.15) is 0 Å². The average Bonchev–Trinajstić information content (AvgIpc) is 2.34. The van der Waals surface area contributed by atoms with Crippen molar-refractivity contribution in [3.05, 3.63) is 48.0 Å². The number of rotatable bonds is 8. The predicted molar refractivity (Wildman–Crippen MR) is 80.1 cm³/mol. The zero-order valence-corrected chi connectivity index (χ0v) is 12.5. The van der Waals surface area contributed by atoms with Gasteiger partial charge in [-0.3, -0.25) is 0 Å². The fourth-order valence-corrected chi connectivity index (χ4v) is 1.76. The second kappa shape index (κ2) is 8.89. The number of hydrogen-bond donors (Lipinski definition) is 0. The molecule has 0 saturated heterocycles. The fraction of sp³-hybridized carbons (Fsp3) is 0.529. The molecule has 0 amide bonds. The van der Waals surface area contributed by atoms with Crippen molar-refractivity contribution >= 4 is 0 Å². The van der Waals surface area contributed by atoms with Crippen LogP contribution in [0.5, 0.6) is 0 Å². The van der Waals surface area contributed by atoms with E-state index in [-0.39, 0.29) is 18.5 Å². The number of aryl methyl sites for hydroxylation is 1. The molecule has 0 fully saturated rings. The third-order valence-electron chi connectivity index (χ3n) is 2.55. The predicted octanol–water partition coefficient (Wildman–Crippen LogP) is 4.35. The van der Waals surface area contributed by atoms with E-state index >= 15 is 0 Å². The van der Waals surface area contributed by atoms with E-state index in [1.807, 2.05) is 39.8 Å². The molecule has 0 aliphatic rings. The van der Waals surface area contributed by atoms with Crippen LogP contribution in [0.2, 0.25) is 0 Å². The summed E-state index contributed by atoms with van der Waals surface area (Å²) in [6, 6.07) is 10.5. The summed E-state index contributed by atoms with van der Waals surface area (Å²) in [6.07, 6.45) is 6.31. The van der Waals surface area contributed by atoms with Gasteiger partial charge in [-0.05, 0) is 52.2 Å². The number of hydrogen-bond acceptors (Lipinski definition) is 2. The molecule has 19 heavy (non-hydrogen) atoms. The molecule has 0 aromatic heterocycles. The molecule has 0 N–H and O–H groups in total. The van der Waals surface area contributed by atoms with Gasteiger partial charge in [0.1, 0.15) is 0 Å². The van der Waals surface area contributed by atoms with E-state index in [4.69, 9.17) is 9.47 Å². The Hall–Kier alpha value is -1.12. The minimum atomic E-state index is -0.240. The normalized spacial score (nSPS) is 12.2. The zero-order valence-electron chi connectivity index (χ0n) is 12.5. The third kappa shape index (κ3) is 7.81. The summed E-state index contributed by atoms with van der Waals surface area (Å²) in [5.41, 5.74) is 1.36. The summed E-state index contributed by atoms with van der Waals surface area (Å²) in [6.45, 7) is 8.09. The molecule has 2 heteroatoms. The van der Waals surface area contributed by atoms with E-state index in [2.05, 4.69) is 30.3 Å². The number of ether oxygens (including phenoxy) is 2. The first-order chi connectivity index (χ1) is 9.08. The van der Waals surface area contributed by atoms with Crippen molar-refractivity contribution in [2.24, 2.45) is 0 Å². The van der Waals surface area contributed by atoms with Gasteiger partial charge in [-0.25, -0.2) is 0 Å². The van der Waals surface area contributed by atoms with E-state index in [0.717, 1.165) is 12.8 Å². The molecule has 0 atom stereocenters. The maximum Gasteiger partial charge on any atom is 0.177 e. The molecule has 0 aliphatic carbocycles. The van der Waals surface area contributed by atoms with E-state index in [1.165, 1.54) is 5.56 Å². The second-order valence-corrected chi connectivity index (χ2v) is 5.19. The van der Waals surface area contributed by atoms with Crippen molar-refractivity contribution in [1.29, 1.82) is 0 Å². The average molecular weight is 262 g/mol. The van der Waals surface area contributed by atoms with Gasteiger partial charge in [-0.15, -0.1) is 0 Å². The van der Waals surface area contributed by atoms with E-state index in [1.54, 1.807) is 0 Å². The van der Waals surface area contributed by atoms with Crippen LogP contribution in [0.25, 0.3) is 0 Å². The Labute approximate surface area is 117 Å². The topological polar surface area (TPSA) is 18.5 Å². The van der Waals surface area contributed by atoms with Gasteiger partial charge in [-0.1, -0.05) is 36.4 Å². The lowest BCUT2D eigenvalue weighted by Gasteiger charge is -2.20. The molecule has 0 aliphatic heterocycles. The van der Waals surface area contributed by atoms with E-state index < -0.39 is 0 Å². The molecular formula is C17H26O2. The molecule has 1 aromatic carbocycles. The van der Waals surface area contributed by atoms with Crippen molar-refractivity contribution in [3.8, 4) is 0 Å². The summed E-state index contributed by atoms with van der Waals surface area (Å²) < 4.78 is 11.4. The molecule has 106 valence electrons. The summed E-state index contributed by atoms with van der Waals surface area (Å²) in [4.78, 5) is 0. The van der Waals surface area contributed by atoms with Gasteiger partial charge >= 0.3 is 0 Å². The van der Waals surface area contributed by atoms with Crippen molar-refractivity contribution in [1.82, 2.24) is 0 Å². The van der Waals surface area contributed by atoms with Crippen molar-refractivity contribution in [2.45, 2.75) is 59.0 Å². The van der Waals surface area contributed by atoms with Crippen LogP contribution >= 0.6 is 0 Å². The van der Waals surface area contributed by atoms with Crippen LogP contribution < -0.4 is 0 Å². The van der Waals surface area contributed by atoms with Gasteiger partial charge < -0.3 is 9.47 Å². The summed E-state index contributed by atoms with van der Waals surface area (Å²) in [5.74, 6) is 0. The maximum absolute atomic E-state index is 5.70. The fourth-order valence-electron chi connectivity index (χ4n) is 1.76. The van der Waals surface area contributed by atoms with Crippen LogP contribution in [-0.2, 0) is 15.9 Å². The molecule has 0 unspecified atom stereocenters. The van der Waals surface area contributed by atoms with Gasteiger partial charge in [0.2, 0.25) is 0 Å². The Morgan fingerprint density at radius 1 is 0.947 bits per heavy atom. The standard InChI is InChI=1S/C17H26O2/c1-14(2)18-17(19-15(3)4)13-9-8-12-16-10-6-5-7-11-16/h5-7,9-11,13-15,17H,8,12H2,1-4H3/b13-9+. The largest absolute Gasteiger partial charge is 0.346 e. The minimum absolute atomic E-state index is 0.169. The summed E-state index contributed by atoms with van der Waals surface area (Å²) >= 11 is 0. The lowest BCUT2D eigenvalue weighted by Crippen LogP contribution is -2.22. The number of benzene rings is 1. The second-order valence-electron chi connectivity index (χ2n) is 5.19. The lowest BCUT2D eigenvalue weighted by molar-refractivity contribution is -0.152. The first-order valence-corrected chi connectivity index (χ1v) is 7.09. The quantitative estimate of drug-likeness (QED) is 0.512. The van der Waals surface area contributed by atoms with Gasteiger partial charge in [0, 0.05) is 0 Å². The highest BCUT2D eigenvalue weighted by Crippen LogP contribution is 2.08. The molecule has 0 spiro atoms. The van der Waals surface area contributed by atoms with Gasteiger partial charge in [0.25, 0.3) is 0 Å². The molecular weight excluding hydrogens is 236 g/mol. The van der Waals surface area contributed by atoms with Crippen LogP contribution in [0.15, 0.2) is 42.5 Å². The molecule has 0 radical (unpaired) electrons.